The van der Waals surface area contributed by atoms with Crippen molar-refractivity contribution >= 4 is 29.8 Å². The Bertz CT molecular complexity index is 97.1. The molecular weight excluding hydrogens is 231 g/mol. The molecule has 0 aliphatic carbocycles. The van der Waals surface area contributed by atoms with Gasteiger partial charge in [0.05, 0.1) is 0 Å². The molecule has 1 fully saturated rings. The minimum Gasteiger partial charge on any atom is -0.300 e. The monoisotopic (exact) mass is 242 g/mol. The summed E-state index contributed by atoms with van der Waals surface area (Å²) in [4.78, 5) is 10.5. The van der Waals surface area contributed by atoms with E-state index in [9.17, 15) is 4.79 Å². The number of nitrogens with two attached hydrogens (primary N) is 1. The summed E-state index contributed by atoms with van der Waals surface area (Å²) in [5.74, 6) is 5.72. The third-order valence-corrected chi connectivity index (χ3v) is 1.36. The van der Waals surface area contributed by atoms with Crippen molar-refractivity contribution in [2.24, 2.45) is 5.84 Å². The van der Waals surface area contributed by atoms with Gasteiger partial charge in [-0.2, -0.15) is 0 Å². The maximum atomic E-state index is 10.5. The van der Waals surface area contributed by atoms with E-state index in [-0.39, 0.29) is 24.0 Å². The molecule has 0 unspecified atom stereocenters. The third kappa shape index (κ3) is 3.12. The second-order valence-corrected chi connectivity index (χ2v) is 2.07. The fraction of sp³-hybridized carbons (Fsp3) is 0.800. The molecule has 2 N–H and O–H groups in total. The second kappa shape index (κ2) is 4.19. The second-order valence-electron chi connectivity index (χ2n) is 2.07. The van der Waals surface area contributed by atoms with E-state index in [1.165, 1.54) is 0 Å². The Morgan fingerprint density at radius 1 is 1.33 bits per heavy atom. The summed E-state index contributed by atoms with van der Waals surface area (Å²) < 4.78 is 0. The lowest BCUT2D eigenvalue weighted by atomic mass is 10.1. The van der Waals surface area contributed by atoms with Gasteiger partial charge in [-0.15, -0.1) is 24.0 Å². The largest absolute Gasteiger partial charge is 0.300 e. The molecule has 1 aliphatic rings. The highest BCUT2D eigenvalue weighted by Crippen LogP contribution is 1.99. The molecule has 3 nitrogen and oxygen atoms in total. The Labute approximate surface area is 71.6 Å². The highest BCUT2D eigenvalue weighted by Gasteiger charge is 2.11. The Hall–Kier alpha value is 0.320. The molecule has 1 saturated heterocycles. The average molecular weight is 242 g/mol. The van der Waals surface area contributed by atoms with Crippen LogP contribution >= 0.6 is 24.0 Å². The molecule has 1 rings (SSSR count). The summed E-state index contributed by atoms with van der Waals surface area (Å²) in [6, 6.07) is 0. The van der Waals surface area contributed by atoms with E-state index in [2.05, 4.69) is 0 Å². The zero-order chi connectivity index (χ0) is 5.98. The van der Waals surface area contributed by atoms with E-state index in [1.54, 1.807) is 5.01 Å². The van der Waals surface area contributed by atoms with Gasteiger partial charge >= 0.3 is 0 Å². The van der Waals surface area contributed by atoms with Gasteiger partial charge in [0, 0.05) is 25.9 Å². The van der Waals surface area contributed by atoms with Crippen LogP contribution in [0.5, 0.6) is 0 Å². The van der Waals surface area contributed by atoms with Crippen molar-refractivity contribution in [1.82, 2.24) is 5.01 Å². The first-order chi connectivity index (χ1) is 3.79. The lowest BCUT2D eigenvalue weighted by molar-refractivity contribution is -0.121. The van der Waals surface area contributed by atoms with Gasteiger partial charge in [-0.25, -0.2) is 5.01 Å². The van der Waals surface area contributed by atoms with Crippen LogP contribution < -0.4 is 5.84 Å². The van der Waals surface area contributed by atoms with E-state index in [1.807, 2.05) is 0 Å². The summed E-state index contributed by atoms with van der Waals surface area (Å²) in [5, 5.41) is 1.68. The predicted molar refractivity (Wildman–Crippen MR) is 45.4 cm³/mol. The van der Waals surface area contributed by atoms with Crippen LogP contribution in [0.4, 0.5) is 0 Å². The summed E-state index contributed by atoms with van der Waals surface area (Å²) >= 11 is 0. The molecule has 4 heteroatoms. The molecule has 0 radical (unpaired) electrons. The summed E-state index contributed by atoms with van der Waals surface area (Å²) in [6.07, 6.45) is 1.27. The van der Waals surface area contributed by atoms with Crippen LogP contribution in [0.3, 0.4) is 0 Å². The normalized spacial score (nSPS) is 21.2. The zero-order valence-corrected chi connectivity index (χ0v) is 7.50. The SMILES string of the molecule is I.NN1CCC(=O)CC1. The highest BCUT2D eigenvalue weighted by molar-refractivity contribution is 14.0. The van der Waals surface area contributed by atoms with Crippen LogP contribution in [-0.2, 0) is 4.79 Å². The Balaban J connectivity index is 0.000000640. The van der Waals surface area contributed by atoms with E-state index < -0.39 is 0 Å². The van der Waals surface area contributed by atoms with Crippen molar-refractivity contribution in [3.63, 3.8) is 0 Å². The predicted octanol–water partition coefficient (Wildman–Crippen LogP) is 0.143. The van der Waals surface area contributed by atoms with Gasteiger partial charge in [0.15, 0.2) is 0 Å². The molecule has 0 aromatic rings. The standard InChI is InChI=1S/C5H10N2O.HI/c6-7-3-1-5(8)2-4-7;/h1-4,6H2;1H. The molecule has 1 aliphatic heterocycles. The number of hydrogen-bond acceptors (Lipinski definition) is 3. The quantitative estimate of drug-likeness (QED) is 0.485. The van der Waals surface area contributed by atoms with Crippen molar-refractivity contribution in [1.29, 1.82) is 0 Å². The van der Waals surface area contributed by atoms with E-state index in [4.69, 9.17) is 5.84 Å². The van der Waals surface area contributed by atoms with E-state index >= 15 is 0 Å². The van der Waals surface area contributed by atoms with Gasteiger partial charge in [0.1, 0.15) is 5.78 Å². The van der Waals surface area contributed by atoms with Crippen LogP contribution in [0.25, 0.3) is 0 Å². The number of halogens is 1. The van der Waals surface area contributed by atoms with E-state index in [0.717, 1.165) is 13.1 Å². The molecule has 1 heterocycles. The van der Waals surface area contributed by atoms with Gasteiger partial charge in [0.2, 0.25) is 0 Å². The number of carbonyl (C=O) groups is 1. The molecule has 0 aromatic carbocycles. The van der Waals surface area contributed by atoms with Crippen LogP contribution in [-0.4, -0.2) is 23.9 Å². The van der Waals surface area contributed by atoms with Crippen molar-refractivity contribution in [2.75, 3.05) is 13.1 Å². The molecule has 0 spiro atoms. The minimum atomic E-state index is 0. The lowest BCUT2D eigenvalue weighted by Crippen LogP contribution is -2.38. The lowest BCUT2D eigenvalue weighted by Gasteiger charge is -2.19. The summed E-state index contributed by atoms with van der Waals surface area (Å²) in [7, 11) is 0. The third-order valence-electron chi connectivity index (χ3n) is 1.36. The van der Waals surface area contributed by atoms with Crippen molar-refractivity contribution < 1.29 is 4.79 Å². The number of nitrogens with zero attached hydrogens (tertiary/aromatic N) is 1. The highest BCUT2D eigenvalue weighted by atomic mass is 127. The Morgan fingerprint density at radius 2 is 1.78 bits per heavy atom. The summed E-state index contributed by atoms with van der Waals surface area (Å²) in [6.45, 7) is 1.47. The van der Waals surface area contributed by atoms with Crippen LogP contribution in [0.15, 0.2) is 0 Å². The first kappa shape index (κ1) is 9.32. The molecule has 0 amide bonds. The van der Waals surface area contributed by atoms with Crippen LogP contribution in [0.2, 0.25) is 0 Å². The van der Waals surface area contributed by atoms with Gasteiger partial charge in [0.25, 0.3) is 0 Å². The molecule has 0 bridgehead atoms. The number of piperidine rings is 1. The number of hydrogen-bond donors (Lipinski definition) is 1. The average Bonchev–Trinajstić information content (AvgIpc) is 1.77. The fourth-order valence-corrected chi connectivity index (χ4v) is 0.773. The molecule has 0 saturated carbocycles. The molecule has 9 heavy (non-hydrogen) atoms. The maximum Gasteiger partial charge on any atom is 0.135 e. The first-order valence-electron chi connectivity index (χ1n) is 2.80. The zero-order valence-electron chi connectivity index (χ0n) is 5.17. The molecule has 0 atom stereocenters. The van der Waals surface area contributed by atoms with Crippen LogP contribution in [0.1, 0.15) is 12.8 Å². The van der Waals surface area contributed by atoms with Crippen molar-refractivity contribution in [3.8, 4) is 0 Å². The van der Waals surface area contributed by atoms with E-state index in [0.29, 0.717) is 18.6 Å². The number of ketones is 1. The number of hydrazine groups is 1. The van der Waals surface area contributed by atoms with Gasteiger partial charge in [-0.05, 0) is 0 Å². The Kier molecular flexibility index (Phi) is 4.33. The minimum absolute atomic E-state index is 0. The first-order valence-corrected chi connectivity index (χ1v) is 2.80. The topological polar surface area (TPSA) is 46.3 Å². The van der Waals surface area contributed by atoms with Gasteiger partial charge in [-0.3, -0.25) is 10.6 Å². The fourth-order valence-electron chi connectivity index (χ4n) is 0.773. The molecular formula is C5H11IN2O. The number of carbonyl (C=O) groups excluding carboxylic acids is 1. The maximum absolute atomic E-state index is 10.5. The molecule has 0 aromatic heterocycles. The smallest absolute Gasteiger partial charge is 0.135 e. The van der Waals surface area contributed by atoms with Crippen molar-refractivity contribution in [2.45, 2.75) is 12.8 Å². The van der Waals surface area contributed by atoms with Crippen molar-refractivity contribution in [3.05, 3.63) is 0 Å². The number of Topliss-reactive ketones (excluding diaryl/α,β-unsaturated/α-hetero) is 1. The Morgan fingerprint density at radius 3 is 2.11 bits per heavy atom. The van der Waals surface area contributed by atoms with Gasteiger partial charge in [-0.1, -0.05) is 0 Å². The number of rotatable bonds is 0. The van der Waals surface area contributed by atoms with Gasteiger partial charge < -0.3 is 0 Å². The molecule has 54 valence electrons. The summed E-state index contributed by atoms with van der Waals surface area (Å²) in [5.41, 5.74) is 0. The van der Waals surface area contributed by atoms with Crippen LogP contribution in [0, 0.1) is 0 Å².